The minimum Gasteiger partial charge on any atom is -0.308 e. The van der Waals surface area contributed by atoms with Crippen molar-refractivity contribution < 1.29 is 4.79 Å². The fourth-order valence-electron chi connectivity index (χ4n) is 2.04. The number of aromatic nitrogens is 1. The van der Waals surface area contributed by atoms with E-state index >= 15 is 0 Å². The highest BCUT2D eigenvalue weighted by molar-refractivity contribution is 7.15. The van der Waals surface area contributed by atoms with Gasteiger partial charge in [-0.05, 0) is 43.5 Å². The van der Waals surface area contributed by atoms with Gasteiger partial charge in [0.15, 0.2) is 5.13 Å². The lowest BCUT2D eigenvalue weighted by Crippen LogP contribution is -2.19. The quantitative estimate of drug-likeness (QED) is 0.881. The third-order valence-electron chi connectivity index (χ3n) is 2.92. The Bertz CT molecular complexity index is 587. The van der Waals surface area contributed by atoms with E-state index in [1.54, 1.807) is 35.6 Å². The highest BCUT2D eigenvalue weighted by Gasteiger charge is 2.17. The summed E-state index contributed by atoms with van der Waals surface area (Å²) < 4.78 is 0. The minimum absolute atomic E-state index is 0.283. The lowest BCUT2D eigenvalue weighted by Gasteiger charge is -2.05. The second kappa shape index (κ2) is 5.19. The number of anilines is 2. The van der Waals surface area contributed by atoms with Crippen molar-refractivity contribution in [1.29, 1.82) is 0 Å². The maximum atomic E-state index is 11.8. The van der Waals surface area contributed by atoms with E-state index in [1.165, 1.54) is 11.3 Å². The first-order valence-electron chi connectivity index (χ1n) is 6.03. The molecule has 0 fully saturated rings. The highest BCUT2D eigenvalue weighted by atomic mass is 35.5. The number of nitrogens with zero attached hydrogens (tertiary/aromatic N) is 1. The molecule has 0 aliphatic heterocycles. The smallest absolute Gasteiger partial charge is 0.308 e. The van der Waals surface area contributed by atoms with E-state index in [-0.39, 0.29) is 6.03 Å². The van der Waals surface area contributed by atoms with Crippen LogP contribution in [0.25, 0.3) is 0 Å². The summed E-state index contributed by atoms with van der Waals surface area (Å²) in [7, 11) is 0. The van der Waals surface area contributed by atoms with Crippen LogP contribution in [0, 0.1) is 0 Å². The Morgan fingerprint density at radius 1 is 1.21 bits per heavy atom. The molecule has 2 amide bonds. The average molecular weight is 294 g/mol. The summed E-state index contributed by atoms with van der Waals surface area (Å²) >= 11 is 7.34. The molecule has 19 heavy (non-hydrogen) atoms. The summed E-state index contributed by atoms with van der Waals surface area (Å²) in [6.07, 6.45) is 3.27. The van der Waals surface area contributed by atoms with Crippen molar-refractivity contribution in [3.8, 4) is 0 Å². The number of thiazole rings is 1. The van der Waals surface area contributed by atoms with Crippen molar-refractivity contribution in [3.05, 3.63) is 39.9 Å². The second-order valence-corrected chi connectivity index (χ2v) is 5.85. The van der Waals surface area contributed by atoms with Crippen LogP contribution in [0.15, 0.2) is 24.3 Å². The SMILES string of the molecule is O=C(Nc1ccc(Cl)cc1)Nc1nc2c(s1)CCC2. The number of benzene rings is 1. The molecule has 0 unspecified atom stereocenters. The summed E-state index contributed by atoms with van der Waals surface area (Å²) in [5.74, 6) is 0. The molecule has 1 aromatic heterocycles. The van der Waals surface area contributed by atoms with E-state index < -0.39 is 0 Å². The Balaban J connectivity index is 1.63. The monoisotopic (exact) mass is 293 g/mol. The summed E-state index contributed by atoms with van der Waals surface area (Å²) in [6, 6.07) is 6.69. The molecule has 0 radical (unpaired) electrons. The van der Waals surface area contributed by atoms with E-state index in [4.69, 9.17) is 11.6 Å². The molecule has 2 N–H and O–H groups in total. The first-order valence-corrected chi connectivity index (χ1v) is 7.22. The van der Waals surface area contributed by atoms with Crippen LogP contribution in [0.1, 0.15) is 17.0 Å². The molecular weight excluding hydrogens is 282 g/mol. The lowest BCUT2D eigenvalue weighted by atomic mass is 10.3. The van der Waals surface area contributed by atoms with Gasteiger partial charge in [-0.2, -0.15) is 0 Å². The van der Waals surface area contributed by atoms with Gasteiger partial charge in [-0.3, -0.25) is 5.32 Å². The van der Waals surface area contributed by atoms with Gasteiger partial charge >= 0.3 is 6.03 Å². The Morgan fingerprint density at radius 3 is 2.74 bits per heavy atom. The number of urea groups is 1. The van der Waals surface area contributed by atoms with Crippen molar-refractivity contribution in [2.24, 2.45) is 0 Å². The normalized spacial score (nSPS) is 13.1. The predicted octanol–water partition coefficient (Wildman–Crippen LogP) is 3.93. The Labute approximate surface area is 119 Å². The van der Waals surface area contributed by atoms with Crippen LogP contribution >= 0.6 is 22.9 Å². The Morgan fingerprint density at radius 2 is 2.00 bits per heavy atom. The number of rotatable bonds is 2. The zero-order valence-corrected chi connectivity index (χ0v) is 11.6. The molecule has 1 aromatic carbocycles. The van der Waals surface area contributed by atoms with Crippen molar-refractivity contribution in [2.75, 3.05) is 10.6 Å². The van der Waals surface area contributed by atoms with Gasteiger partial charge in [-0.15, -0.1) is 11.3 Å². The predicted molar refractivity (Wildman–Crippen MR) is 78.2 cm³/mol. The van der Waals surface area contributed by atoms with Gasteiger partial charge in [-0.1, -0.05) is 11.6 Å². The summed E-state index contributed by atoms with van der Waals surface area (Å²) in [5, 5.41) is 6.80. The number of nitrogens with one attached hydrogen (secondary N) is 2. The molecule has 1 heterocycles. The van der Waals surface area contributed by atoms with Gasteiger partial charge in [0.1, 0.15) is 0 Å². The number of fused-ring (bicyclic) bond motifs is 1. The number of amides is 2. The first kappa shape index (κ1) is 12.4. The van der Waals surface area contributed by atoms with Gasteiger partial charge in [0.25, 0.3) is 0 Å². The summed E-state index contributed by atoms with van der Waals surface area (Å²) in [4.78, 5) is 17.5. The van der Waals surface area contributed by atoms with E-state index in [0.717, 1.165) is 18.5 Å². The van der Waals surface area contributed by atoms with E-state index in [0.29, 0.717) is 15.8 Å². The molecule has 0 bridgehead atoms. The molecular formula is C13H12ClN3OS. The van der Waals surface area contributed by atoms with Crippen LogP contribution in [-0.2, 0) is 12.8 Å². The van der Waals surface area contributed by atoms with Crippen molar-refractivity contribution in [1.82, 2.24) is 4.98 Å². The number of hydrogen-bond donors (Lipinski definition) is 2. The molecule has 1 aliphatic carbocycles. The minimum atomic E-state index is -0.283. The van der Waals surface area contributed by atoms with Crippen molar-refractivity contribution in [2.45, 2.75) is 19.3 Å². The maximum absolute atomic E-state index is 11.8. The standard InChI is InChI=1S/C13H12ClN3OS/c14-8-4-6-9(7-5-8)15-12(18)17-13-16-10-2-1-3-11(10)19-13/h4-7H,1-3H2,(H2,15,16,17,18). The van der Waals surface area contributed by atoms with Crippen molar-refractivity contribution >= 4 is 39.8 Å². The van der Waals surface area contributed by atoms with Crippen LogP contribution in [0.4, 0.5) is 15.6 Å². The third-order valence-corrected chi connectivity index (χ3v) is 4.24. The zero-order valence-electron chi connectivity index (χ0n) is 10.1. The van der Waals surface area contributed by atoms with Gasteiger partial charge in [0.2, 0.25) is 0 Å². The molecule has 0 saturated heterocycles. The number of hydrogen-bond acceptors (Lipinski definition) is 3. The van der Waals surface area contributed by atoms with Crippen molar-refractivity contribution in [3.63, 3.8) is 0 Å². The fraction of sp³-hybridized carbons (Fsp3) is 0.231. The number of carbonyl (C=O) groups excluding carboxylic acids is 1. The van der Waals surface area contributed by atoms with Gasteiger partial charge in [0.05, 0.1) is 5.69 Å². The molecule has 0 saturated carbocycles. The average Bonchev–Trinajstić information content (AvgIpc) is 2.92. The molecule has 0 spiro atoms. The fourth-order valence-corrected chi connectivity index (χ4v) is 3.21. The highest BCUT2D eigenvalue weighted by Crippen LogP contribution is 2.30. The molecule has 1 aliphatic rings. The molecule has 3 rings (SSSR count). The summed E-state index contributed by atoms with van der Waals surface area (Å²) in [5.41, 5.74) is 1.83. The first-order chi connectivity index (χ1) is 9.20. The van der Waals surface area contributed by atoms with E-state index in [1.807, 2.05) is 0 Å². The third kappa shape index (κ3) is 2.88. The summed E-state index contributed by atoms with van der Waals surface area (Å²) in [6.45, 7) is 0. The van der Waals surface area contributed by atoms with Gasteiger partial charge in [-0.25, -0.2) is 9.78 Å². The van der Waals surface area contributed by atoms with Crippen LogP contribution < -0.4 is 10.6 Å². The molecule has 4 nitrogen and oxygen atoms in total. The molecule has 0 atom stereocenters. The topological polar surface area (TPSA) is 54.0 Å². The number of halogens is 1. The zero-order chi connectivity index (χ0) is 13.2. The van der Waals surface area contributed by atoms with E-state index in [9.17, 15) is 4.79 Å². The van der Waals surface area contributed by atoms with Gasteiger partial charge in [0, 0.05) is 15.6 Å². The van der Waals surface area contributed by atoms with Crippen LogP contribution in [0.2, 0.25) is 5.02 Å². The second-order valence-electron chi connectivity index (χ2n) is 4.33. The molecule has 98 valence electrons. The largest absolute Gasteiger partial charge is 0.325 e. The number of aryl methyl sites for hydroxylation is 2. The van der Waals surface area contributed by atoms with Crippen LogP contribution in [-0.4, -0.2) is 11.0 Å². The Hall–Kier alpha value is -1.59. The van der Waals surface area contributed by atoms with Crippen LogP contribution in [0.3, 0.4) is 0 Å². The van der Waals surface area contributed by atoms with E-state index in [2.05, 4.69) is 15.6 Å². The molecule has 6 heteroatoms. The van der Waals surface area contributed by atoms with Gasteiger partial charge < -0.3 is 5.32 Å². The molecule has 2 aromatic rings. The lowest BCUT2D eigenvalue weighted by molar-refractivity contribution is 0.262. The Kier molecular flexibility index (Phi) is 3.40. The maximum Gasteiger partial charge on any atom is 0.325 e. The van der Waals surface area contributed by atoms with Crippen LogP contribution in [0.5, 0.6) is 0 Å². The number of carbonyl (C=O) groups is 1.